The molecule has 1 aromatic rings. The second-order valence-electron chi connectivity index (χ2n) is 2.09. The van der Waals surface area contributed by atoms with Gasteiger partial charge in [0.05, 0.1) is 4.90 Å². The zero-order valence-corrected chi connectivity index (χ0v) is 7.30. The molecular weight excluding hydrogens is 204 g/mol. The summed E-state index contributed by atoms with van der Waals surface area (Å²) in [6, 6.07) is 3.01. The smallest absolute Gasteiger partial charge is 0.261 e. The molecule has 0 aliphatic rings. The van der Waals surface area contributed by atoms with Crippen molar-refractivity contribution in [3.8, 4) is 11.5 Å². The molecular formula is C6H5ClO4S. The van der Waals surface area contributed by atoms with Crippen LogP contribution in [0.2, 0.25) is 0 Å². The summed E-state index contributed by atoms with van der Waals surface area (Å²) in [5, 5.41) is 17.7. The van der Waals surface area contributed by atoms with Crippen molar-refractivity contribution < 1.29 is 18.6 Å². The lowest BCUT2D eigenvalue weighted by Gasteiger charge is -1.98. The lowest BCUT2D eigenvalue weighted by molar-refractivity contribution is 0.402. The van der Waals surface area contributed by atoms with Crippen molar-refractivity contribution in [2.24, 2.45) is 0 Å². The predicted molar refractivity (Wildman–Crippen MR) is 42.8 cm³/mol. The highest BCUT2D eigenvalue weighted by molar-refractivity contribution is 8.13. The molecule has 0 spiro atoms. The molecule has 0 saturated heterocycles. The first kappa shape index (κ1) is 9.15. The Morgan fingerprint density at radius 1 is 1.17 bits per heavy atom. The third-order valence-electron chi connectivity index (χ3n) is 1.23. The average Bonchev–Trinajstić information content (AvgIpc) is 1.92. The molecule has 6 heteroatoms. The van der Waals surface area contributed by atoms with E-state index >= 15 is 0 Å². The monoisotopic (exact) mass is 208 g/mol. The molecule has 0 amide bonds. The number of aromatic hydroxyl groups is 2. The van der Waals surface area contributed by atoms with Crippen LogP contribution in [0.4, 0.5) is 0 Å². The molecule has 66 valence electrons. The quantitative estimate of drug-likeness (QED) is 0.534. The van der Waals surface area contributed by atoms with Gasteiger partial charge in [-0.2, -0.15) is 0 Å². The van der Waals surface area contributed by atoms with Gasteiger partial charge in [0, 0.05) is 16.7 Å². The fourth-order valence-electron chi connectivity index (χ4n) is 0.655. The maximum absolute atomic E-state index is 10.7. The van der Waals surface area contributed by atoms with E-state index in [4.69, 9.17) is 20.9 Å². The zero-order chi connectivity index (χ0) is 9.35. The number of hydrogen-bond donors (Lipinski definition) is 2. The Morgan fingerprint density at radius 3 is 2.17 bits per heavy atom. The van der Waals surface area contributed by atoms with E-state index in [0.29, 0.717) is 0 Å². The first-order valence-electron chi connectivity index (χ1n) is 2.88. The van der Waals surface area contributed by atoms with E-state index in [-0.39, 0.29) is 10.6 Å². The van der Waals surface area contributed by atoms with Gasteiger partial charge in [-0.15, -0.1) is 0 Å². The SMILES string of the molecule is O=S(=O)(Cl)c1ccc(O)c(O)c1. The first-order chi connectivity index (χ1) is 5.41. The van der Waals surface area contributed by atoms with Gasteiger partial charge in [0.25, 0.3) is 9.05 Å². The van der Waals surface area contributed by atoms with Crippen molar-refractivity contribution in [1.29, 1.82) is 0 Å². The van der Waals surface area contributed by atoms with Crippen LogP contribution in [0.25, 0.3) is 0 Å². The average molecular weight is 209 g/mol. The minimum Gasteiger partial charge on any atom is -0.504 e. The molecule has 2 N–H and O–H groups in total. The summed E-state index contributed by atoms with van der Waals surface area (Å²) in [4.78, 5) is -0.250. The fourth-order valence-corrected chi connectivity index (χ4v) is 1.43. The maximum Gasteiger partial charge on any atom is 0.261 e. The lowest BCUT2D eigenvalue weighted by Crippen LogP contribution is -1.89. The van der Waals surface area contributed by atoms with Gasteiger partial charge in [0.2, 0.25) is 0 Å². The molecule has 0 bridgehead atoms. The minimum atomic E-state index is -3.84. The van der Waals surface area contributed by atoms with E-state index in [1.165, 1.54) is 0 Å². The van der Waals surface area contributed by atoms with Crippen LogP contribution >= 0.6 is 10.7 Å². The summed E-state index contributed by atoms with van der Waals surface area (Å²) in [5.41, 5.74) is 0. The third-order valence-corrected chi connectivity index (χ3v) is 2.58. The number of halogens is 1. The van der Waals surface area contributed by atoms with Gasteiger partial charge < -0.3 is 10.2 Å². The number of rotatable bonds is 1. The molecule has 12 heavy (non-hydrogen) atoms. The Hall–Kier alpha value is -0.940. The van der Waals surface area contributed by atoms with Crippen LogP contribution in [0, 0.1) is 0 Å². The molecule has 1 rings (SSSR count). The molecule has 0 aliphatic heterocycles. The Bertz CT molecular complexity index is 398. The van der Waals surface area contributed by atoms with E-state index in [0.717, 1.165) is 18.2 Å². The van der Waals surface area contributed by atoms with Crippen molar-refractivity contribution in [3.63, 3.8) is 0 Å². The standard InChI is InChI=1S/C6H5ClO4S/c7-12(10,11)4-1-2-5(8)6(9)3-4/h1-3,8-9H. The summed E-state index contributed by atoms with van der Waals surface area (Å²) in [6.07, 6.45) is 0. The molecule has 0 heterocycles. The zero-order valence-electron chi connectivity index (χ0n) is 5.73. The van der Waals surface area contributed by atoms with Crippen molar-refractivity contribution in [2.45, 2.75) is 4.90 Å². The van der Waals surface area contributed by atoms with Crippen LogP contribution in [-0.4, -0.2) is 18.6 Å². The topological polar surface area (TPSA) is 74.6 Å². The molecule has 0 aliphatic carbocycles. The van der Waals surface area contributed by atoms with E-state index in [9.17, 15) is 8.42 Å². The summed E-state index contributed by atoms with van der Waals surface area (Å²) < 4.78 is 21.3. The third kappa shape index (κ3) is 1.80. The van der Waals surface area contributed by atoms with E-state index in [1.807, 2.05) is 0 Å². The van der Waals surface area contributed by atoms with Gasteiger partial charge in [0.15, 0.2) is 11.5 Å². The Labute approximate surface area is 73.5 Å². The van der Waals surface area contributed by atoms with Gasteiger partial charge in [-0.3, -0.25) is 0 Å². The second kappa shape index (κ2) is 2.84. The Balaban J connectivity index is 3.33. The van der Waals surface area contributed by atoms with Gasteiger partial charge >= 0.3 is 0 Å². The number of phenols is 2. The summed E-state index contributed by atoms with van der Waals surface area (Å²) in [6.45, 7) is 0. The van der Waals surface area contributed by atoms with Gasteiger partial charge in [0.1, 0.15) is 0 Å². The molecule has 4 nitrogen and oxygen atoms in total. The van der Waals surface area contributed by atoms with Crippen LogP contribution < -0.4 is 0 Å². The highest BCUT2D eigenvalue weighted by Crippen LogP contribution is 2.28. The number of phenolic OH excluding ortho intramolecular Hbond substituents is 2. The van der Waals surface area contributed by atoms with Gasteiger partial charge in [-0.25, -0.2) is 8.42 Å². The Kier molecular flexibility index (Phi) is 2.16. The minimum absolute atomic E-state index is 0.250. The van der Waals surface area contributed by atoms with Crippen molar-refractivity contribution in [3.05, 3.63) is 18.2 Å². The van der Waals surface area contributed by atoms with E-state index in [2.05, 4.69) is 0 Å². The summed E-state index contributed by atoms with van der Waals surface area (Å²) in [7, 11) is 1.12. The maximum atomic E-state index is 10.7. The normalized spacial score (nSPS) is 11.4. The van der Waals surface area contributed by atoms with Crippen LogP contribution in [0.1, 0.15) is 0 Å². The predicted octanol–water partition coefficient (Wildman–Crippen LogP) is 1.03. The molecule has 0 radical (unpaired) electrons. The van der Waals surface area contributed by atoms with Gasteiger partial charge in [-0.05, 0) is 12.1 Å². The van der Waals surface area contributed by atoms with Crippen LogP contribution in [-0.2, 0) is 9.05 Å². The van der Waals surface area contributed by atoms with Gasteiger partial charge in [-0.1, -0.05) is 0 Å². The number of hydrogen-bond acceptors (Lipinski definition) is 4. The molecule has 1 aromatic carbocycles. The summed E-state index contributed by atoms with van der Waals surface area (Å²) in [5.74, 6) is -0.907. The Morgan fingerprint density at radius 2 is 1.75 bits per heavy atom. The molecule has 0 atom stereocenters. The molecule has 0 aromatic heterocycles. The molecule has 0 unspecified atom stereocenters. The molecule has 0 fully saturated rings. The van der Waals surface area contributed by atoms with Crippen molar-refractivity contribution >= 4 is 19.7 Å². The fraction of sp³-hybridized carbons (Fsp3) is 0. The van der Waals surface area contributed by atoms with E-state index in [1.54, 1.807) is 0 Å². The highest BCUT2D eigenvalue weighted by Gasteiger charge is 2.11. The van der Waals surface area contributed by atoms with Crippen molar-refractivity contribution in [1.82, 2.24) is 0 Å². The largest absolute Gasteiger partial charge is 0.504 e. The molecule has 0 saturated carbocycles. The van der Waals surface area contributed by atoms with Crippen LogP contribution in [0.3, 0.4) is 0 Å². The lowest BCUT2D eigenvalue weighted by atomic mass is 10.3. The van der Waals surface area contributed by atoms with Crippen LogP contribution in [0.5, 0.6) is 11.5 Å². The van der Waals surface area contributed by atoms with E-state index < -0.39 is 14.8 Å². The first-order valence-corrected chi connectivity index (χ1v) is 5.19. The summed E-state index contributed by atoms with van der Waals surface area (Å²) >= 11 is 0. The van der Waals surface area contributed by atoms with Crippen LogP contribution in [0.15, 0.2) is 23.1 Å². The highest BCUT2D eigenvalue weighted by atomic mass is 35.7. The van der Waals surface area contributed by atoms with Crippen molar-refractivity contribution in [2.75, 3.05) is 0 Å². The second-order valence-corrected chi connectivity index (χ2v) is 4.65. The number of benzene rings is 1.